The smallest absolute Gasteiger partial charge is 0.434 e. The second-order valence-corrected chi connectivity index (χ2v) is 6.42. The number of aliphatic imine (C=N–C) groups is 1. The van der Waals surface area contributed by atoms with Gasteiger partial charge in [0.25, 0.3) is 0 Å². The summed E-state index contributed by atoms with van der Waals surface area (Å²) >= 11 is 0.957. The molecule has 2 aromatic rings. The number of ether oxygens (including phenoxy) is 2. The zero-order valence-corrected chi connectivity index (χ0v) is 17.2. The van der Waals surface area contributed by atoms with Gasteiger partial charge < -0.3 is 20.5 Å². The number of fused-ring (bicyclic) bond motifs is 1. The van der Waals surface area contributed by atoms with Crippen molar-refractivity contribution in [3.8, 4) is 11.5 Å². The monoisotopic (exact) mass is 514 g/mol. The van der Waals surface area contributed by atoms with Crippen molar-refractivity contribution in [1.29, 1.82) is 0 Å². The molecule has 3 N–H and O–H groups in total. The Balaban J connectivity index is 0.00000261. The highest BCUT2D eigenvalue weighted by Crippen LogP contribution is 2.32. The molecule has 0 amide bonds. The zero-order chi connectivity index (χ0) is 18.6. The third kappa shape index (κ3) is 6.13. The number of hydrogen-bond donors (Lipinski definition) is 2. The topological polar surface area (TPSA) is 81.8 Å². The van der Waals surface area contributed by atoms with Gasteiger partial charge in [0, 0.05) is 36.5 Å². The van der Waals surface area contributed by atoms with Crippen LogP contribution in [0, 0.1) is 0 Å². The minimum absolute atomic E-state index is 0. The Hall–Kier alpha value is -1.76. The fraction of sp³-hybridized carbons (Fsp3) is 0.375. The Morgan fingerprint density at radius 3 is 2.70 bits per heavy atom. The normalized spacial score (nSPS) is 14.3. The van der Waals surface area contributed by atoms with Crippen LogP contribution in [0.4, 0.5) is 18.9 Å². The lowest BCUT2D eigenvalue weighted by Gasteiger charge is -2.10. The Kier molecular flexibility index (Phi) is 7.53. The molecule has 1 aromatic carbocycles. The second kappa shape index (κ2) is 9.44. The van der Waals surface area contributed by atoms with Crippen molar-refractivity contribution >= 4 is 47.0 Å². The molecule has 0 spiro atoms. The van der Waals surface area contributed by atoms with Crippen LogP contribution in [0.25, 0.3) is 0 Å². The SMILES string of the molecule is I.NC(=NCCc1nc(C(F)(F)F)cs1)Nc1ccc2c(c1)OCCCO2. The molecule has 0 bridgehead atoms. The molecule has 0 unspecified atom stereocenters. The lowest BCUT2D eigenvalue weighted by Crippen LogP contribution is -2.23. The first-order valence-corrected chi connectivity index (χ1v) is 8.78. The summed E-state index contributed by atoms with van der Waals surface area (Å²) in [4.78, 5) is 7.67. The Morgan fingerprint density at radius 2 is 2.00 bits per heavy atom. The minimum Gasteiger partial charge on any atom is -0.490 e. The summed E-state index contributed by atoms with van der Waals surface area (Å²) in [5.41, 5.74) is 5.63. The van der Waals surface area contributed by atoms with E-state index in [0.29, 0.717) is 35.4 Å². The number of guanidine groups is 1. The van der Waals surface area contributed by atoms with Crippen molar-refractivity contribution in [2.24, 2.45) is 10.7 Å². The molecule has 27 heavy (non-hydrogen) atoms. The van der Waals surface area contributed by atoms with Gasteiger partial charge in [-0.1, -0.05) is 0 Å². The van der Waals surface area contributed by atoms with Gasteiger partial charge in [-0.2, -0.15) is 13.2 Å². The molecule has 1 aliphatic heterocycles. The van der Waals surface area contributed by atoms with Crippen molar-refractivity contribution in [2.75, 3.05) is 25.1 Å². The van der Waals surface area contributed by atoms with Crippen LogP contribution in [-0.4, -0.2) is 30.7 Å². The van der Waals surface area contributed by atoms with E-state index < -0.39 is 11.9 Å². The third-order valence-electron chi connectivity index (χ3n) is 3.47. The Morgan fingerprint density at radius 1 is 1.26 bits per heavy atom. The molecule has 6 nitrogen and oxygen atoms in total. The Bertz CT molecular complexity index is 798. The number of halogens is 4. The first-order chi connectivity index (χ1) is 12.4. The first-order valence-electron chi connectivity index (χ1n) is 7.90. The molecule has 0 saturated carbocycles. The summed E-state index contributed by atoms with van der Waals surface area (Å²) in [5, 5.41) is 4.29. The molecule has 0 fully saturated rings. The van der Waals surface area contributed by atoms with Crippen LogP contribution in [-0.2, 0) is 12.6 Å². The fourth-order valence-electron chi connectivity index (χ4n) is 2.26. The highest BCUT2D eigenvalue weighted by molar-refractivity contribution is 14.0. The van der Waals surface area contributed by atoms with Gasteiger partial charge in [-0.05, 0) is 12.1 Å². The van der Waals surface area contributed by atoms with Gasteiger partial charge in [-0.3, -0.25) is 4.99 Å². The number of nitrogens with two attached hydrogens (primary N) is 1. The molecular weight excluding hydrogens is 496 g/mol. The number of alkyl halides is 3. The van der Waals surface area contributed by atoms with E-state index in [9.17, 15) is 13.2 Å². The van der Waals surface area contributed by atoms with Crippen molar-refractivity contribution in [2.45, 2.75) is 19.0 Å². The number of benzene rings is 1. The van der Waals surface area contributed by atoms with Gasteiger partial charge in [0.2, 0.25) is 0 Å². The molecule has 0 saturated heterocycles. The maximum absolute atomic E-state index is 12.5. The molecule has 0 aliphatic carbocycles. The van der Waals surface area contributed by atoms with Crippen molar-refractivity contribution < 1.29 is 22.6 Å². The summed E-state index contributed by atoms with van der Waals surface area (Å²) in [5.74, 6) is 1.46. The highest BCUT2D eigenvalue weighted by atomic mass is 127. The fourth-order valence-corrected chi connectivity index (χ4v) is 3.05. The predicted octanol–water partition coefficient (Wildman–Crippen LogP) is 3.91. The second-order valence-electron chi connectivity index (χ2n) is 5.48. The van der Waals surface area contributed by atoms with Crippen LogP contribution in [0.2, 0.25) is 0 Å². The van der Waals surface area contributed by atoms with E-state index in [1.165, 1.54) is 0 Å². The van der Waals surface area contributed by atoms with Crippen LogP contribution >= 0.6 is 35.3 Å². The molecule has 2 heterocycles. The lowest BCUT2D eigenvalue weighted by atomic mass is 10.3. The van der Waals surface area contributed by atoms with Crippen LogP contribution in [0.3, 0.4) is 0 Å². The number of thiazole rings is 1. The molecule has 1 aromatic heterocycles. The molecule has 148 valence electrons. The summed E-state index contributed by atoms with van der Waals surface area (Å²) in [6.07, 6.45) is -3.33. The number of nitrogens with one attached hydrogen (secondary N) is 1. The summed E-state index contributed by atoms with van der Waals surface area (Å²) in [7, 11) is 0. The number of aromatic nitrogens is 1. The van der Waals surface area contributed by atoms with E-state index in [2.05, 4.69) is 15.3 Å². The van der Waals surface area contributed by atoms with Gasteiger partial charge in [-0.15, -0.1) is 35.3 Å². The van der Waals surface area contributed by atoms with Crippen LogP contribution in [0.5, 0.6) is 11.5 Å². The van der Waals surface area contributed by atoms with Crippen molar-refractivity contribution in [1.82, 2.24) is 4.98 Å². The number of anilines is 1. The highest BCUT2D eigenvalue weighted by Gasteiger charge is 2.33. The van der Waals surface area contributed by atoms with Crippen LogP contribution in [0.15, 0.2) is 28.6 Å². The van der Waals surface area contributed by atoms with E-state index in [4.69, 9.17) is 15.2 Å². The largest absolute Gasteiger partial charge is 0.490 e. The molecule has 0 radical (unpaired) electrons. The van der Waals surface area contributed by atoms with Crippen LogP contribution < -0.4 is 20.5 Å². The molecule has 11 heteroatoms. The van der Waals surface area contributed by atoms with Gasteiger partial charge in [0.05, 0.1) is 18.2 Å². The van der Waals surface area contributed by atoms with Gasteiger partial charge in [0.15, 0.2) is 23.2 Å². The van der Waals surface area contributed by atoms with Crippen LogP contribution in [0.1, 0.15) is 17.1 Å². The average Bonchev–Trinajstić information content (AvgIpc) is 2.94. The third-order valence-corrected chi connectivity index (χ3v) is 4.38. The standard InChI is InChI=1S/C16H17F3N4O2S.HI/c17-16(18,19)13-9-26-14(23-13)4-5-21-15(20)22-10-2-3-11-12(8-10)25-7-1-6-24-11;/h2-3,8-9H,1,4-7H2,(H3,20,21,22);1H. The van der Waals surface area contributed by atoms with Crippen molar-refractivity contribution in [3.63, 3.8) is 0 Å². The number of hydrogen-bond acceptors (Lipinski definition) is 5. The minimum atomic E-state index is -4.42. The van der Waals surface area contributed by atoms with E-state index >= 15 is 0 Å². The molecular formula is C16H18F3IN4O2S. The first kappa shape index (κ1) is 21.5. The van der Waals surface area contributed by atoms with E-state index in [0.717, 1.165) is 23.1 Å². The van der Waals surface area contributed by atoms with Gasteiger partial charge in [0.1, 0.15) is 0 Å². The Labute approximate surface area is 175 Å². The maximum atomic E-state index is 12.5. The predicted molar refractivity (Wildman–Crippen MR) is 108 cm³/mol. The summed E-state index contributed by atoms with van der Waals surface area (Å²) in [6.45, 7) is 1.41. The summed E-state index contributed by atoms with van der Waals surface area (Å²) in [6, 6.07) is 5.33. The molecule has 1 aliphatic rings. The van der Waals surface area contributed by atoms with E-state index in [1.54, 1.807) is 18.2 Å². The lowest BCUT2D eigenvalue weighted by molar-refractivity contribution is -0.140. The zero-order valence-electron chi connectivity index (χ0n) is 14.1. The quantitative estimate of drug-likeness (QED) is 0.368. The molecule has 3 rings (SSSR count). The summed E-state index contributed by atoms with van der Waals surface area (Å²) < 4.78 is 48.7. The maximum Gasteiger partial charge on any atom is 0.434 e. The average molecular weight is 514 g/mol. The van der Waals surface area contributed by atoms with Crippen molar-refractivity contribution in [3.05, 3.63) is 34.3 Å². The van der Waals surface area contributed by atoms with Gasteiger partial charge in [-0.25, -0.2) is 4.98 Å². The number of rotatable bonds is 4. The van der Waals surface area contributed by atoms with E-state index in [1.807, 2.05) is 0 Å². The van der Waals surface area contributed by atoms with E-state index in [-0.39, 0.29) is 42.9 Å². The molecule has 0 atom stereocenters. The number of nitrogens with zero attached hydrogens (tertiary/aromatic N) is 2. The van der Waals surface area contributed by atoms with Gasteiger partial charge >= 0.3 is 6.18 Å².